The summed E-state index contributed by atoms with van der Waals surface area (Å²) in [5, 5.41) is 3.28. The van der Waals surface area contributed by atoms with Crippen molar-refractivity contribution in [2.24, 2.45) is 0 Å². The Morgan fingerprint density at radius 2 is 2.12 bits per heavy atom. The second-order valence-corrected chi connectivity index (χ2v) is 4.86. The summed E-state index contributed by atoms with van der Waals surface area (Å²) in [5.41, 5.74) is 0. The summed E-state index contributed by atoms with van der Waals surface area (Å²) in [6, 6.07) is 0.994. The molecule has 1 unspecified atom stereocenters. The molecule has 1 amide bonds. The molecule has 0 bridgehead atoms. The lowest BCUT2D eigenvalue weighted by molar-refractivity contribution is -0.131. The van der Waals surface area contributed by atoms with Crippen molar-refractivity contribution in [3.63, 3.8) is 0 Å². The van der Waals surface area contributed by atoms with E-state index in [1.54, 1.807) is 0 Å². The first-order valence-electron chi connectivity index (χ1n) is 6.71. The number of rotatable bonds is 8. The van der Waals surface area contributed by atoms with Crippen LogP contribution in [0.3, 0.4) is 0 Å². The molecule has 3 heteroatoms. The van der Waals surface area contributed by atoms with Gasteiger partial charge in [-0.05, 0) is 32.6 Å². The largest absolute Gasteiger partial charge is 0.339 e. The Balaban J connectivity index is 2.29. The lowest BCUT2D eigenvalue weighted by Crippen LogP contribution is -2.42. The topological polar surface area (TPSA) is 32.3 Å². The molecule has 1 rings (SSSR count). The molecule has 3 nitrogen and oxygen atoms in total. The molecule has 1 aliphatic rings. The van der Waals surface area contributed by atoms with Gasteiger partial charge in [0.25, 0.3) is 0 Å². The van der Waals surface area contributed by atoms with Gasteiger partial charge in [0.05, 0.1) is 6.54 Å². The minimum Gasteiger partial charge on any atom is -0.339 e. The first kappa shape index (κ1) is 13.5. The van der Waals surface area contributed by atoms with Gasteiger partial charge in [0.2, 0.25) is 5.91 Å². The third-order valence-corrected chi connectivity index (χ3v) is 3.27. The quantitative estimate of drug-likeness (QED) is 0.688. The molecule has 1 fully saturated rings. The van der Waals surface area contributed by atoms with Crippen molar-refractivity contribution in [2.45, 2.75) is 65.0 Å². The van der Waals surface area contributed by atoms with Gasteiger partial charge in [-0.25, -0.2) is 0 Å². The van der Waals surface area contributed by atoms with Gasteiger partial charge in [-0.15, -0.1) is 0 Å². The Morgan fingerprint density at radius 1 is 1.44 bits per heavy atom. The van der Waals surface area contributed by atoms with Gasteiger partial charge >= 0.3 is 0 Å². The number of hydrogen-bond donors (Lipinski definition) is 1. The van der Waals surface area contributed by atoms with E-state index < -0.39 is 0 Å². The molecular weight excluding hydrogens is 200 g/mol. The Morgan fingerprint density at radius 3 is 2.62 bits per heavy atom. The van der Waals surface area contributed by atoms with Crippen LogP contribution in [0.15, 0.2) is 0 Å². The molecule has 1 atom stereocenters. The lowest BCUT2D eigenvalue weighted by Gasteiger charge is -2.23. The van der Waals surface area contributed by atoms with E-state index in [0.29, 0.717) is 18.6 Å². The molecule has 0 radical (unpaired) electrons. The number of unbranched alkanes of at least 4 members (excludes halogenated alkanes) is 1. The van der Waals surface area contributed by atoms with Gasteiger partial charge < -0.3 is 10.2 Å². The molecule has 0 aromatic rings. The highest BCUT2D eigenvalue weighted by molar-refractivity contribution is 5.79. The number of nitrogens with one attached hydrogen (secondary N) is 1. The first-order chi connectivity index (χ1) is 7.69. The molecule has 1 saturated carbocycles. The van der Waals surface area contributed by atoms with Gasteiger partial charge in [-0.2, -0.15) is 0 Å². The van der Waals surface area contributed by atoms with Crippen molar-refractivity contribution < 1.29 is 4.79 Å². The number of hydrogen-bond acceptors (Lipinski definition) is 2. The van der Waals surface area contributed by atoms with Crippen LogP contribution in [0.1, 0.15) is 52.9 Å². The summed E-state index contributed by atoms with van der Waals surface area (Å²) >= 11 is 0. The van der Waals surface area contributed by atoms with Crippen LogP contribution >= 0.6 is 0 Å². The smallest absolute Gasteiger partial charge is 0.236 e. The third-order valence-electron chi connectivity index (χ3n) is 3.27. The fourth-order valence-corrected chi connectivity index (χ4v) is 1.73. The van der Waals surface area contributed by atoms with Gasteiger partial charge in [0.1, 0.15) is 0 Å². The van der Waals surface area contributed by atoms with E-state index in [9.17, 15) is 4.79 Å². The summed E-state index contributed by atoms with van der Waals surface area (Å²) in [4.78, 5) is 14.1. The number of amides is 1. The van der Waals surface area contributed by atoms with Gasteiger partial charge in [0, 0.05) is 18.6 Å². The maximum atomic E-state index is 12.0. The lowest BCUT2D eigenvalue weighted by atomic mass is 10.2. The molecule has 0 saturated heterocycles. The molecule has 1 N–H and O–H groups in total. The summed E-state index contributed by atoms with van der Waals surface area (Å²) in [6.45, 7) is 7.89. The molecule has 94 valence electrons. The molecule has 0 spiro atoms. The summed E-state index contributed by atoms with van der Waals surface area (Å²) < 4.78 is 0. The van der Waals surface area contributed by atoms with E-state index in [4.69, 9.17) is 0 Å². The van der Waals surface area contributed by atoms with E-state index in [0.717, 1.165) is 25.8 Å². The van der Waals surface area contributed by atoms with E-state index in [1.807, 2.05) is 0 Å². The second-order valence-electron chi connectivity index (χ2n) is 4.86. The monoisotopic (exact) mass is 226 g/mol. The number of nitrogens with zero attached hydrogens (tertiary/aromatic N) is 1. The van der Waals surface area contributed by atoms with Gasteiger partial charge in [-0.1, -0.05) is 20.3 Å². The second kappa shape index (κ2) is 6.89. The fourth-order valence-electron chi connectivity index (χ4n) is 1.73. The van der Waals surface area contributed by atoms with Crippen LogP contribution in [0, 0.1) is 0 Å². The molecule has 0 aromatic carbocycles. The minimum absolute atomic E-state index is 0.288. The van der Waals surface area contributed by atoms with E-state index in [2.05, 4.69) is 31.0 Å². The predicted molar refractivity (Wildman–Crippen MR) is 67.4 cm³/mol. The van der Waals surface area contributed by atoms with Crippen LogP contribution in [-0.2, 0) is 4.79 Å². The zero-order valence-corrected chi connectivity index (χ0v) is 11.0. The average Bonchev–Trinajstić information content (AvgIpc) is 3.10. The molecule has 0 heterocycles. The Hall–Kier alpha value is -0.570. The van der Waals surface area contributed by atoms with E-state index in [1.165, 1.54) is 12.8 Å². The van der Waals surface area contributed by atoms with Crippen molar-refractivity contribution in [3.8, 4) is 0 Å². The van der Waals surface area contributed by atoms with Crippen LogP contribution < -0.4 is 5.32 Å². The third kappa shape index (κ3) is 4.52. The summed E-state index contributed by atoms with van der Waals surface area (Å²) in [5.74, 6) is 0.288. The van der Waals surface area contributed by atoms with Gasteiger partial charge in [-0.3, -0.25) is 4.79 Å². The summed E-state index contributed by atoms with van der Waals surface area (Å²) in [6.07, 6.45) is 5.78. The van der Waals surface area contributed by atoms with Crippen LogP contribution in [-0.4, -0.2) is 36.0 Å². The number of carbonyl (C=O) groups is 1. The van der Waals surface area contributed by atoms with Crippen LogP contribution in [0.5, 0.6) is 0 Å². The standard InChI is InChI=1S/C13H26N2O/c1-4-6-9-15(12-7-8-12)13(16)10-14-11(3)5-2/h11-12,14H,4-10H2,1-3H3. The Labute approximate surface area is 99.6 Å². The van der Waals surface area contributed by atoms with Gasteiger partial charge in [0.15, 0.2) is 0 Å². The van der Waals surface area contributed by atoms with Crippen molar-refractivity contribution >= 4 is 5.91 Å². The zero-order valence-electron chi connectivity index (χ0n) is 11.0. The average molecular weight is 226 g/mol. The van der Waals surface area contributed by atoms with Crippen molar-refractivity contribution in [3.05, 3.63) is 0 Å². The van der Waals surface area contributed by atoms with Crippen LogP contribution in [0.25, 0.3) is 0 Å². The van der Waals surface area contributed by atoms with E-state index in [-0.39, 0.29) is 5.91 Å². The highest BCUT2D eigenvalue weighted by Gasteiger charge is 2.31. The first-order valence-corrected chi connectivity index (χ1v) is 6.71. The van der Waals surface area contributed by atoms with E-state index >= 15 is 0 Å². The van der Waals surface area contributed by atoms with Crippen molar-refractivity contribution in [1.82, 2.24) is 10.2 Å². The maximum Gasteiger partial charge on any atom is 0.236 e. The molecule has 0 aromatic heterocycles. The molecule has 1 aliphatic carbocycles. The molecule has 0 aliphatic heterocycles. The SMILES string of the molecule is CCCCN(C(=O)CNC(C)CC)C1CC1. The zero-order chi connectivity index (χ0) is 12.0. The Kier molecular flexibility index (Phi) is 5.81. The van der Waals surface area contributed by atoms with Crippen molar-refractivity contribution in [1.29, 1.82) is 0 Å². The van der Waals surface area contributed by atoms with Crippen LogP contribution in [0.2, 0.25) is 0 Å². The highest BCUT2D eigenvalue weighted by Crippen LogP contribution is 2.27. The normalized spacial score (nSPS) is 17.2. The Bertz CT molecular complexity index is 214. The fraction of sp³-hybridized carbons (Fsp3) is 0.923. The van der Waals surface area contributed by atoms with Crippen molar-refractivity contribution in [2.75, 3.05) is 13.1 Å². The molecular formula is C13H26N2O. The molecule has 16 heavy (non-hydrogen) atoms. The minimum atomic E-state index is 0.288. The van der Waals surface area contributed by atoms with Crippen LogP contribution in [0.4, 0.5) is 0 Å². The highest BCUT2D eigenvalue weighted by atomic mass is 16.2. The summed E-state index contributed by atoms with van der Waals surface area (Å²) in [7, 11) is 0. The predicted octanol–water partition coefficient (Wildman–Crippen LogP) is 2.17. The number of carbonyl (C=O) groups excluding carboxylic acids is 1. The maximum absolute atomic E-state index is 12.0.